The number of alkyl halides is 3. The molecule has 0 bridgehead atoms. The van der Waals surface area contributed by atoms with Crippen LogP contribution in [-0.4, -0.2) is 19.8 Å². The normalized spacial score (nSPS) is 12.6. The van der Waals surface area contributed by atoms with E-state index in [1.807, 2.05) is 0 Å². The van der Waals surface area contributed by atoms with E-state index in [0.717, 1.165) is 10.4 Å². The zero-order valence-electron chi connectivity index (χ0n) is 12.3. The lowest BCUT2D eigenvalue weighted by Gasteiger charge is -2.19. The van der Waals surface area contributed by atoms with Gasteiger partial charge >= 0.3 is 6.18 Å². The molecule has 0 saturated carbocycles. The van der Waals surface area contributed by atoms with Crippen LogP contribution in [0.25, 0.3) is 0 Å². The minimum absolute atomic E-state index is 0.0531. The van der Waals surface area contributed by atoms with E-state index in [9.17, 15) is 26.0 Å². The van der Waals surface area contributed by atoms with Crippen molar-refractivity contribution in [1.29, 1.82) is 0 Å². The summed E-state index contributed by atoms with van der Waals surface area (Å²) in [5, 5.41) is 0. The summed E-state index contributed by atoms with van der Waals surface area (Å²) < 4.78 is 78.1. The van der Waals surface area contributed by atoms with E-state index in [2.05, 4.69) is 15.9 Å². The number of rotatable bonds is 4. The highest BCUT2D eigenvalue weighted by Gasteiger charge is 2.36. The molecule has 3 nitrogen and oxygen atoms in total. The summed E-state index contributed by atoms with van der Waals surface area (Å²) in [5.74, 6) is -1.52. The van der Waals surface area contributed by atoms with Crippen LogP contribution in [0, 0.1) is 5.82 Å². The Morgan fingerprint density at radius 3 is 2.33 bits per heavy atom. The molecule has 0 unspecified atom stereocenters. The van der Waals surface area contributed by atoms with Crippen molar-refractivity contribution < 1.29 is 26.0 Å². The van der Waals surface area contributed by atoms with Crippen LogP contribution in [0.15, 0.2) is 51.8 Å². The summed E-state index contributed by atoms with van der Waals surface area (Å²) in [4.78, 5) is -0.620. The summed E-state index contributed by atoms with van der Waals surface area (Å²) in [6.07, 6.45) is -4.98. The first-order valence-electron chi connectivity index (χ1n) is 6.60. The van der Waals surface area contributed by atoms with Gasteiger partial charge in [-0.05, 0) is 29.8 Å². The third kappa shape index (κ3) is 3.96. The monoisotopic (exact) mass is 425 g/mol. The smallest absolute Gasteiger partial charge is 0.207 e. The lowest BCUT2D eigenvalue weighted by atomic mass is 10.2. The Morgan fingerprint density at radius 2 is 1.75 bits per heavy atom. The molecular formula is C15H12BrF4NO2S. The predicted molar refractivity (Wildman–Crippen MR) is 84.2 cm³/mol. The number of sulfonamides is 1. The third-order valence-electron chi connectivity index (χ3n) is 3.30. The van der Waals surface area contributed by atoms with E-state index in [0.29, 0.717) is 22.2 Å². The molecule has 9 heteroatoms. The van der Waals surface area contributed by atoms with Gasteiger partial charge in [-0.25, -0.2) is 12.8 Å². The summed E-state index contributed by atoms with van der Waals surface area (Å²) in [5.41, 5.74) is -0.973. The molecular weight excluding hydrogens is 414 g/mol. The number of nitrogens with zero attached hydrogens (tertiary/aromatic N) is 1. The Balaban J connectivity index is 2.38. The molecule has 2 aromatic rings. The molecule has 0 saturated heterocycles. The van der Waals surface area contributed by atoms with E-state index in [1.165, 1.54) is 7.05 Å². The van der Waals surface area contributed by atoms with Crippen molar-refractivity contribution in [3.05, 3.63) is 63.9 Å². The predicted octanol–water partition coefficient (Wildman–Crippen LogP) is 4.43. The molecule has 0 atom stereocenters. The first kappa shape index (κ1) is 18.9. The molecule has 0 radical (unpaired) electrons. The zero-order chi connectivity index (χ0) is 18.1. The van der Waals surface area contributed by atoms with Crippen LogP contribution in [0.2, 0.25) is 0 Å². The molecule has 0 fully saturated rings. The molecule has 0 spiro atoms. The van der Waals surface area contributed by atoms with Crippen LogP contribution in [0.3, 0.4) is 0 Å². The van der Waals surface area contributed by atoms with Gasteiger partial charge in [0.15, 0.2) is 0 Å². The highest BCUT2D eigenvalue weighted by molar-refractivity contribution is 9.10. The molecule has 0 aliphatic heterocycles. The van der Waals surface area contributed by atoms with Gasteiger partial charge in [-0.2, -0.15) is 17.5 Å². The van der Waals surface area contributed by atoms with E-state index in [4.69, 9.17) is 0 Å². The van der Waals surface area contributed by atoms with Gasteiger partial charge in [-0.15, -0.1) is 0 Å². The second-order valence-corrected chi connectivity index (χ2v) is 7.89. The van der Waals surface area contributed by atoms with Crippen LogP contribution in [0.4, 0.5) is 17.6 Å². The second-order valence-electron chi connectivity index (χ2n) is 4.99. The van der Waals surface area contributed by atoms with Crippen molar-refractivity contribution in [3.63, 3.8) is 0 Å². The molecule has 0 aliphatic rings. The van der Waals surface area contributed by atoms with E-state index >= 15 is 0 Å². The second kappa shape index (κ2) is 6.81. The van der Waals surface area contributed by atoms with Gasteiger partial charge < -0.3 is 0 Å². The maximum absolute atomic E-state index is 13.3. The van der Waals surface area contributed by atoms with Gasteiger partial charge in [0.05, 0.1) is 10.5 Å². The summed E-state index contributed by atoms with van der Waals surface area (Å²) in [7, 11) is -2.97. The number of hydrogen-bond donors (Lipinski definition) is 0. The third-order valence-corrected chi connectivity index (χ3v) is 5.88. The Hall–Kier alpha value is -1.45. The van der Waals surface area contributed by atoms with Gasteiger partial charge in [0, 0.05) is 18.1 Å². The number of hydrogen-bond acceptors (Lipinski definition) is 2. The fourth-order valence-corrected chi connectivity index (χ4v) is 3.60. The Kier molecular flexibility index (Phi) is 5.36. The molecule has 0 aromatic heterocycles. The molecule has 0 N–H and O–H groups in total. The minimum Gasteiger partial charge on any atom is -0.207 e. The Morgan fingerprint density at radius 1 is 1.12 bits per heavy atom. The SMILES string of the molecule is CN(Cc1ccccc1Br)S(=O)(=O)c1ccc(F)c(C(F)(F)F)c1. The van der Waals surface area contributed by atoms with Crippen molar-refractivity contribution in [3.8, 4) is 0 Å². The fraction of sp³-hybridized carbons (Fsp3) is 0.200. The van der Waals surface area contributed by atoms with Gasteiger partial charge in [0.1, 0.15) is 5.82 Å². The van der Waals surface area contributed by atoms with Crippen LogP contribution in [-0.2, 0) is 22.7 Å². The van der Waals surface area contributed by atoms with Crippen molar-refractivity contribution >= 4 is 26.0 Å². The summed E-state index contributed by atoms with van der Waals surface area (Å²) >= 11 is 3.28. The lowest BCUT2D eigenvalue weighted by Crippen LogP contribution is -2.27. The van der Waals surface area contributed by atoms with Crippen LogP contribution < -0.4 is 0 Å². The van der Waals surface area contributed by atoms with Crippen molar-refractivity contribution in [2.45, 2.75) is 17.6 Å². The molecule has 130 valence electrons. The van der Waals surface area contributed by atoms with E-state index < -0.39 is 32.5 Å². The van der Waals surface area contributed by atoms with Gasteiger partial charge in [-0.1, -0.05) is 34.1 Å². The van der Waals surface area contributed by atoms with Crippen molar-refractivity contribution in [2.75, 3.05) is 7.05 Å². The molecule has 0 heterocycles. The minimum atomic E-state index is -4.98. The first-order chi connectivity index (χ1) is 11.0. The number of halogens is 5. The van der Waals surface area contributed by atoms with Gasteiger partial charge in [-0.3, -0.25) is 0 Å². The highest BCUT2D eigenvalue weighted by Crippen LogP contribution is 2.33. The lowest BCUT2D eigenvalue weighted by molar-refractivity contribution is -0.140. The summed E-state index contributed by atoms with van der Waals surface area (Å²) in [6, 6.07) is 8.48. The highest BCUT2D eigenvalue weighted by atomic mass is 79.9. The average Bonchev–Trinajstić information content (AvgIpc) is 2.48. The van der Waals surface area contributed by atoms with E-state index in [-0.39, 0.29) is 6.54 Å². The molecule has 0 amide bonds. The summed E-state index contributed by atoms with van der Waals surface area (Å²) in [6.45, 7) is -0.0531. The maximum Gasteiger partial charge on any atom is 0.419 e. The zero-order valence-corrected chi connectivity index (χ0v) is 14.7. The molecule has 2 rings (SSSR count). The molecule has 2 aromatic carbocycles. The van der Waals surface area contributed by atoms with Gasteiger partial charge in [0.2, 0.25) is 10.0 Å². The maximum atomic E-state index is 13.3. The molecule has 24 heavy (non-hydrogen) atoms. The fourth-order valence-electron chi connectivity index (χ4n) is 2.01. The quantitative estimate of drug-likeness (QED) is 0.679. The van der Waals surface area contributed by atoms with Crippen molar-refractivity contribution in [2.24, 2.45) is 0 Å². The molecule has 0 aliphatic carbocycles. The van der Waals surface area contributed by atoms with Crippen LogP contribution >= 0.6 is 15.9 Å². The Bertz CT molecular complexity index is 853. The van der Waals surface area contributed by atoms with Crippen LogP contribution in [0.1, 0.15) is 11.1 Å². The standard InChI is InChI=1S/C15H12BrF4NO2S/c1-21(9-10-4-2-3-5-13(10)16)24(22,23)11-6-7-14(17)12(8-11)15(18,19)20/h2-8H,9H2,1H3. The first-order valence-corrected chi connectivity index (χ1v) is 8.83. The largest absolute Gasteiger partial charge is 0.419 e. The number of benzene rings is 2. The Labute approximate surface area is 145 Å². The van der Waals surface area contributed by atoms with E-state index in [1.54, 1.807) is 24.3 Å². The topological polar surface area (TPSA) is 37.4 Å². The van der Waals surface area contributed by atoms with Crippen molar-refractivity contribution in [1.82, 2.24) is 4.31 Å². The van der Waals surface area contributed by atoms with Crippen LogP contribution in [0.5, 0.6) is 0 Å². The van der Waals surface area contributed by atoms with Gasteiger partial charge in [0.25, 0.3) is 0 Å². The average molecular weight is 426 g/mol.